The number of ether oxygens (including phenoxy) is 1. The quantitative estimate of drug-likeness (QED) is 0.594. The largest absolute Gasteiger partial charge is 0.443 e. The molecule has 0 aliphatic carbocycles. The van der Waals surface area contributed by atoms with Gasteiger partial charge in [-0.1, -0.05) is 63.2 Å². The summed E-state index contributed by atoms with van der Waals surface area (Å²) in [5.74, 6) is -1.08. The number of hydroxylamine groups is 1. The molecule has 0 aliphatic heterocycles. The first-order chi connectivity index (χ1) is 14.3. The van der Waals surface area contributed by atoms with Gasteiger partial charge in [-0.15, -0.1) is 5.48 Å². The Bertz CT molecular complexity index is 1010. The van der Waals surface area contributed by atoms with Gasteiger partial charge in [0.25, 0.3) is 0 Å². The molecule has 0 bridgehead atoms. The van der Waals surface area contributed by atoms with E-state index in [4.69, 9.17) is 9.57 Å². The number of benzene rings is 2. The molecule has 1 N–H and O–H groups in total. The number of hydrogen-bond acceptors (Lipinski definition) is 5. The van der Waals surface area contributed by atoms with Crippen molar-refractivity contribution in [3.05, 3.63) is 78.0 Å². The van der Waals surface area contributed by atoms with Crippen LogP contribution in [0, 0.1) is 5.41 Å². The second-order valence-electron chi connectivity index (χ2n) is 8.36. The molecule has 1 atom stereocenters. The van der Waals surface area contributed by atoms with Gasteiger partial charge in [0.1, 0.15) is 6.61 Å². The lowest BCUT2D eigenvalue weighted by molar-refractivity contribution is -0.152. The Morgan fingerprint density at radius 1 is 1.03 bits per heavy atom. The van der Waals surface area contributed by atoms with Gasteiger partial charge >= 0.3 is 12.1 Å². The van der Waals surface area contributed by atoms with Gasteiger partial charge in [-0.3, -0.25) is 4.98 Å². The fourth-order valence-electron chi connectivity index (χ4n) is 3.18. The van der Waals surface area contributed by atoms with Gasteiger partial charge in [0, 0.05) is 11.6 Å². The summed E-state index contributed by atoms with van der Waals surface area (Å²) in [6, 6.07) is 18.8. The number of nitrogens with one attached hydrogen (secondary N) is 1. The minimum atomic E-state index is -0.815. The van der Waals surface area contributed by atoms with Crippen LogP contribution in [-0.2, 0) is 21.0 Å². The minimum Gasteiger partial charge on any atom is -0.443 e. The van der Waals surface area contributed by atoms with Crippen LogP contribution in [0.1, 0.15) is 44.2 Å². The van der Waals surface area contributed by atoms with Gasteiger partial charge in [-0.25, -0.2) is 9.59 Å². The van der Waals surface area contributed by atoms with Crippen molar-refractivity contribution in [2.45, 2.75) is 39.7 Å². The number of carbonyl (C=O) groups is 2. The van der Waals surface area contributed by atoms with Crippen molar-refractivity contribution in [1.29, 1.82) is 0 Å². The van der Waals surface area contributed by atoms with Crippen LogP contribution in [0.15, 0.2) is 66.9 Å². The maximum Gasteiger partial charge on any atom is 0.441 e. The summed E-state index contributed by atoms with van der Waals surface area (Å²) in [4.78, 5) is 34.2. The molecular weight excluding hydrogens is 380 g/mol. The molecule has 6 heteroatoms. The molecule has 30 heavy (non-hydrogen) atoms. The molecule has 0 aliphatic rings. The third-order valence-corrected chi connectivity index (χ3v) is 4.58. The molecule has 3 rings (SSSR count). The standard InChI is InChI=1S/C24H26N2O4/c1-24(2,3)15-20(18-11-12-21-19(14-18)10-7-13-25-21)22(27)30-26-23(28)29-16-17-8-5-4-6-9-17/h4-14,20H,15-16H2,1-3H3,(H,26,28). The Morgan fingerprint density at radius 3 is 2.53 bits per heavy atom. The topological polar surface area (TPSA) is 77.5 Å². The van der Waals surface area contributed by atoms with Crippen LogP contribution in [-0.4, -0.2) is 17.0 Å². The monoisotopic (exact) mass is 406 g/mol. The molecule has 156 valence electrons. The molecular formula is C24H26N2O4. The Labute approximate surface area is 176 Å². The average Bonchev–Trinajstić information content (AvgIpc) is 2.74. The highest BCUT2D eigenvalue weighted by Gasteiger charge is 2.29. The number of rotatable bonds is 5. The summed E-state index contributed by atoms with van der Waals surface area (Å²) in [6.45, 7) is 6.25. The second kappa shape index (κ2) is 9.39. The predicted molar refractivity (Wildman–Crippen MR) is 114 cm³/mol. The molecule has 6 nitrogen and oxygen atoms in total. The number of hydrogen-bond donors (Lipinski definition) is 1. The van der Waals surface area contributed by atoms with Crippen molar-refractivity contribution in [2.75, 3.05) is 0 Å². The van der Waals surface area contributed by atoms with Crippen molar-refractivity contribution in [1.82, 2.24) is 10.5 Å². The molecule has 0 radical (unpaired) electrons. The Morgan fingerprint density at radius 2 is 1.80 bits per heavy atom. The summed E-state index contributed by atoms with van der Waals surface area (Å²) in [7, 11) is 0. The molecule has 0 saturated carbocycles. The zero-order valence-corrected chi connectivity index (χ0v) is 17.4. The zero-order chi connectivity index (χ0) is 21.6. The van der Waals surface area contributed by atoms with E-state index in [1.165, 1.54) is 0 Å². The van der Waals surface area contributed by atoms with E-state index in [1.54, 1.807) is 6.20 Å². The number of aromatic nitrogens is 1. The van der Waals surface area contributed by atoms with E-state index in [2.05, 4.69) is 31.2 Å². The first kappa shape index (κ1) is 21.3. The number of pyridine rings is 1. The van der Waals surface area contributed by atoms with E-state index in [1.807, 2.05) is 60.7 Å². The highest BCUT2D eigenvalue weighted by Crippen LogP contribution is 2.33. The lowest BCUT2D eigenvalue weighted by Crippen LogP contribution is -2.31. The van der Waals surface area contributed by atoms with E-state index >= 15 is 0 Å². The number of fused-ring (bicyclic) bond motifs is 1. The average molecular weight is 406 g/mol. The van der Waals surface area contributed by atoms with Crippen LogP contribution >= 0.6 is 0 Å². The summed E-state index contributed by atoms with van der Waals surface area (Å²) < 4.78 is 5.09. The number of amides is 1. The minimum absolute atomic E-state index is 0.0906. The van der Waals surface area contributed by atoms with Crippen LogP contribution in [0.4, 0.5) is 4.79 Å². The third-order valence-electron chi connectivity index (χ3n) is 4.58. The molecule has 0 fully saturated rings. The molecule has 3 aromatic rings. The normalized spacial score (nSPS) is 12.2. The van der Waals surface area contributed by atoms with Crippen molar-refractivity contribution < 1.29 is 19.2 Å². The number of nitrogens with zero attached hydrogens (tertiary/aromatic N) is 1. The van der Waals surface area contributed by atoms with Gasteiger partial charge in [0.2, 0.25) is 0 Å². The van der Waals surface area contributed by atoms with Gasteiger partial charge in [0.15, 0.2) is 0 Å². The third kappa shape index (κ3) is 6.04. The van der Waals surface area contributed by atoms with Crippen LogP contribution in [0.5, 0.6) is 0 Å². The molecule has 1 amide bonds. The van der Waals surface area contributed by atoms with E-state index in [9.17, 15) is 9.59 Å². The predicted octanol–water partition coefficient (Wildman–Crippen LogP) is 5.14. The first-order valence-corrected chi connectivity index (χ1v) is 9.84. The van der Waals surface area contributed by atoms with Crippen LogP contribution in [0.3, 0.4) is 0 Å². The van der Waals surface area contributed by atoms with E-state index in [0.29, 0.717) is 6.42 Å². The molecule has 1 heterocycles. The number of carbonyl (C=O) groups excluding carboxylic acids is 2. The van der Waals surface area contributed by atoms with Crippen molar-refractivity contribution in [3.63, 3.8) is 0 Å². The SMILES string of the molecule is CC(C)(C)CC(C(=O)ONC(=O)OCc1ccccc1)c1ccc2ncccc2c1. The van der Waals surface area contributed by atoms with Gasteiger partial charge in [-0.2, -0.15) is 0 Å². The Kier molecular flexibility index (Phi) is 6.67. The zero-order valence-electron chi connectivity index (χ0n) is 17.4. The molecule has 1 aromatic heterocycles. The summed E-state index contributed by atoms with van der Waals surface area (Å²) in [6.07, 6.45) is 1.47. The Balaban J connectivity index is 1.66. The maximum atomic E-state index is 12.8. The van der Waals surface area contributed by atoms with Gasteiger partial charge in [-0.05, 0) is 41.2 Å². The highest BCUT2D eigenvalue weighted by atomic mass is 16.7. The van der Waals surface area contributed by atoms with Crippen LogP contribution in [0.25, 0.3) is 10.9 Å². The van der Waals surface area contributed by atoms with Crippen molar-refractivity contribution >= 4 is 23.0 Å². The molecule has 2 aromatic carbocycles. The molecule has 0 saturated heterocycles. The smallest absolute Gasteiger partial charge is 0.441 e. The Hall–Kier alpha value is -3.41. The van der Waals surface area contributed by atoms with Crippen LogP contribution < -0.4 is 5.48 Å². The summed E-state index contributed by atoms with van der Waals surface area (Å²) in [5.41, 5.74) is 4.49. The van der Waals surface area contributed by atoms with Crippen LogP contribution in [0.2, 0.25) is 0 Å². The maximum absolute atomic E-state index is 12.8. The molecule has 0 spiro atoms. The van der Waals surface area contributed by atoms with Gasteiger partial charge < -0.3 is 9.57 Å². The summed E-state index contributed by atoms with van der Waals surface area (Å²) in [5, 5.41) is 0.942. The second-order valence-corrected chi connectivity index (χ2v) is 8.36. The van der Waals surface area contributed by atoms with E-state index in [0.717, 1.165) is 22.0 Å². The van der Waals surface area contributed by atoms with E-state index in [-0.39, 0.29) is 12.0 Å². The fourth-order valence-corrected chi connectivity index (χ4v) is 3.18. The fraction of sp³-hybridized carbons (Fsp3) is 0.292. The van der Waals surface area contributed by atoms with Crippen molar-refractivity contribution in [3.8, 4) is 0 Å². The molecule has 1 unspecified atom stereocenters. The van der Waals surface area contributed by atoms with Crippen molar-refractivity contribution in [2.24, 2.45) is 5.41 Å². The van der Waals surface area contributed by atoms with E-state index < -0.39 is 18.0 Å². The first-order valence-electron chi connectivity index (χ1n) is 9.84. The summed E-state index contributed by atoms with van der Waals surface area (Å²) >= 11 is 0. The van der Waals surface area contributed by atoms with Gasteiger partial charge in [0.05, 0.1) is 11.4 Å². The highest BCUT2D eigenvalue weighted by molar-refractivity contribution is 5.84. The lowest BCUT2D eigenvalue weighted by Gasteiger charge is -2.25. The lowest BCUT2D eigenvalue weighted by atomic mass is 9.81.